The van der Waals surface area contributed by atoms with Crippen molar-refractivity contribution in [1.82, 2.24) is 0 Å². The van der Waals surface area contributed by atoms with Gasteiger partial charge in [0, 0.05) is 21.2 Å². The molecule has 192 valence electrons. The number of carbonyl (C=O) groups excluding carboxylic acids is 1. The van der Waals surface area contributed by atoms with Crippen LogP contribution in [0.2, 0.25) is 0 Å². The predicted octanol–water partition coefficient (Wildman–Crippen LogP) is 8.92. The molecular weight excluding hydrogens is 495 g/mol. The lowest BCUT2D eigenvalue weighted by Gasteiger charge is -2.11. The maximum absolute atomic E-state index is 14.0. The van der Waals surface area contributed by atoms with E-state index < -0.39 is 0 Å². The van der Waals surface area contributed by atoms with Crippen molar-refractivity contribution in [3.8, 4) is 22.6 Å². The predicted molar refractivity (Wildman–Crippen MR) is 153 cm³/mol. The van der Waals surface area contributed by atoms with E-state index in [9.17, 15) is 9.18 Å². The number of fused-ring (bicyclic) bond motifs is 1. The summed E-state index contributed by atoms with van der Waals surface area (Å²) >= 11 is 1.44. The van der Waals surface area contributed by atoms with Crippen LogP contribution in [0.5, 0.6) is 11.5 Å². The highest BCUT2D eigenvalue weighted by Gasteiger charge is 2.24. The third-order valence-electron chi connectivity index (χ3n) is 6.46. The molecule has 0 aliphatic carbocycles. The molecule has 38 heavy (non-hydrogen) atoms. The van der Waals surface area contributed by atoms with Crippen molar-refractivity contribution >= 4 is 27.2 Å². The number of rotatable bonds is 9. The van der Waals surface area contributed by atoms with Gasteiger partial charge in [-0.15, -0.1) is 11.3 Å². The van der Waals surface area contributed by atoms with Crippen LogP contribution in [0.1, 0.15) is 45.3 Å². The van der Waals surface area contributed by atoms with Gasteiger partial charge in [0.25, 0.3) is 0 Å². The third kappa shape index (κ3) is 5.34. The van der Waals surface area contributed by atoms with Crippen LogP contribution in [0.4, 0.5) is 4.39 Å². The van der Waals surface area contributed by atoms with E-state index in [-0.39, 0.29) is 11.6 Å². The van der Waals surface area contributed by atoms with Gasteiger partial charge in [-0.2, -0.15) is 0 Å². The van der Waals surface area contributed by atoms with Crippen LogP contribution in [0, 0.1) is 19.7 Å². The van der Waals surface area contributed by atoms with Gasteiger partial charge in [0.1, 0.15) is 23.9 Å². The van der Waals surface area contributed by atoms with Crippen LogP contribution >= 0.6 is 11.3 Å². The van der Waals surface area contributed by atoms with Crippen molar-refractivity contribution in [1.29, 1.82) is 0 Å². The molecule has 0 atom stereocenters. The molecule has 0 aliphatic rings. The Hall–Kier alpha value is -3.96. The molecule has 0 unspecified atom stereocenters. The monoisotopic (exact) mass is 524 g/mol. The Morgan fingerprint density at radius 2 is 1.53 bits per heavy atom. The summed E-state index contributed by atoms with van der Waals surface area (Å²) in [5.41, 5.74) is 4.69. The summed E-state index contributed by atoms with van der Waals surface area (Å²) in [7, 11) is 0. The number of ether oxygens (including phenoxy) is 2. The SMILES string of the molecule is CCCOc1ccc(-c2c(C(=O)c3c(C)cc(F)cc3C)sc3cc(OCc4ccccc4)ccc23)cc1. The highest BCUT2D eigenvalue weighted by molar-refractivity contribution is 7.21. The molecule has 3 nitrogen and oxygen atoms in total. The maximum atomic E-state index is 14.0. The van der Waals surface area contributed by atoms with E-state index in [2.05, 4.69) is 6.92 Å². The summed E-state index contributed by atoms with van der Waals surface area (Å²) in [6.07, 6.45) is 0.931. The molecular formula is C33H29FO3S. The first kappa shape index (κ1) is 25.7. The minimum Gasteiger partial charge on any atom is -0.494 e. The lowest BCUT2D eigenvalue weighted by Crippen LogP contribution is -2.06. The van der Waals surface area contributed by atoms with Gasteiger partial charge in [-0.3, -0.25) is 4.79 Å². The lowest BCUT2D eigenvalue weighted by atomic mass is 9.94. The lowest BCUT2D eigenvalue weighted by molar-refractivity contribution is 0.104. The van der Waals surface area contributed by atoms with Gasteiger partial charge in [-0.25, -0.2) is 4.39 Å². The minimum absolute atomic E-state index is 0.103. The highest BCUT2D eigenvalue weighted by Crippen LogP contribution is 2.42. The van der Waals surface area contributed by atoms with Gasteiger partial charge in [0.15, 0.2) is 0 Å². The number of hydrogen-bond donors (Lipinski definition) is 0. The quantitative estimate of drug-likeness (QED) is 0.181. The fourth-order valence-corrected chi connectivity index (χ4v) is 5.87. The van der Waals surface area contributed by atoms with Gasteiger partial charge in [-0.05, 0) is 85.0 Å². The number of aryl methyl sites for hydroxylation is 2. The highest BCUT2D eigenvalue weighted by atomic mass is 32.1. The smallest absolute Gasteiger partial charge is 0.204 e. The van der Waals surface area contributed by atoms with Crippen LogP contribution in [-0.4, -0.2) is 12.4 Å². The number of benzene rings is 4. The van der Waals surface area contributed by atoms with Crippen LogP contribution in [0.25, 0.3) is 21.2 Å². The first-order chi connectivity index (χ1) is 18.4. The van der Waals surface area contributed by atoms with Crippen molar-refractivity contribution in [3.63, 3.8) is 0 Å². The molecule has 0 bridgehead atoms. The third-order valence-corrected chi connectivity index (χ3v) is 7.61. The Labute approximate surface area is 226 Å². The van der Waals surface area contributed by atoms with Crippen molar-refractivity contribution in [2.75, 3.05) is 6.61 Å². The molecule has 0 radical (unpaired) electrons. The van der Waals surface area contributed by atoms with Crippen molar-refractivity contribution in [2.24, 2.45) is 0 Å². The maximum Gasteiger partial charge on any atom is 0.204 e. The van der Waals surface area contributed by atoms with E-state index in [0.717, 1.165) is 44.7 Å². The number of thiophene rings is 1. The summed E-state index contributed by atoms with van der Waals surface area (Å²) in [6.45, 7) is 6.75. The zero-order valence-electron chi connectivity index (χ0n) is 21.7. The van der Waals surface area contributed by atoms with Gasteiger partial charge in [-0.1, -0.05) is 49.4 Å². The van der Waals surface area contributed by atoms with Crippen LogP contribution in [0.15, 0.2) is 84.9 Å². The van der Waals surface area contributed by atoms with Gasteiger partial charge in [0.05, 0.1) is 11.5 Å². The summed E-state index contributed by atoms with van der Waals surface area (Å²) in [4.78, 5) is 14.6. The van der Waals surface area contributed by atoms with Gasteiger partial charge >= 0.3 is 0 Å². The van der Waals surface area contributed by atoms with Crippen LogP contribution < -0.4 is 9.47 Å². The number of carbonyl (C=O) groups is 1. The van der Waals surface area contributed by atoms with E-state index in [1.807, 2.05) is 72.8 Å². The number of halogens is 1. The van der Waals surface area contributed by atoms with Crippen molar-refractivity contribution in [2.45, 2.75) is 33.8 Å². The molecule has 0 spiro atoms. The average molecular weight is 525 g/mol. The zero-order valence-corrected chi connectivity index (χ0v) is 22.5. The van der Waals surface area contributed by atoms with E-state index >= 15 is 0 Å². The molecule has 0 N–H and O–H groups in total. The summed E-state index contributed by atoms with van der Waals surface area (Å²) < 4.78 is 26.8. The van der Waals surface area contributed by atoms with E-state index in [1.165, 1.54) is 23.5 Å². The Kier molecular flexibility index (Phi) is 7.57. The second-order valence-electron chi connectivity index (χ2n) is 9.35. The molecule has 1 heterocycles. The Morgan fingerprint density at radius 1 is 0.842 bits per heavy atom. The molecule has 1 aromatic heterocycles. The molecule has 5 rings (SSSR count). The topological polar surface area (TPSA) is 35.5 Å². The van der Waals surface area contributed by atoms with E-state index in [4.69, 9.17) is 9.47 Å². The summed E-state index contributed by atoms with van der Waals surface area (Å²) in [6, 6.07) is 26.7. The largest absolute Gasteiger partial charge is 0.494 e. The van der Waals surface area contributed by atoms with Crippen LogP contribution in [0.3, 0.4) is 0 Å². The Bertz CT molecular complexity index is 1560. The fourth-order valence-electron chi connectivity index (χ4n) is 4.67. The fraction of sp³-hybridized carbons (Fsp3) is 0.182. The average Bonchev–Trinajstić information content (AvgIpc) is 3.30. The molecule has 0 fully saturated rings. The zero-order chi connectivity index (χ0) is 26.6. The van der Waals surface area contributed by atoms with Gasteiger partial charge in [0.2, 0.25) is 5.78 Å². The van der Waals surface area contributed by atoms with Gasteiger partial charge < -0.3 is 9.47 Å². The van der Waals surface area contributed by atoms with Crippen LogP contribution in [-0.2, 0) is 6.61 Å². The molecule has 0 saturated heterocycles. The molecule has 0 amide bonds. The van der Waals surface area contributed by atoms with Crippen molar-refractivity contribution < 1.29 is 18.7 Å². The van der Waals surface area contributed by atoms with E-state index in [0.29, 0.717) is 34.8 Å². The molecule has 0 aliphatic heterocycles. The van der Waals surface area contributed by atoms with Crippen molar-refractivity contribution in [3.05, 3.63) is 118 Å². The molecule has 5 heteroatoms. The molecule has 4 aromatic carbocycles. The second-order valence-corrected chi connectivity index (χ2v) is 10.4. The Balaban J connectivity index is 1.59. The second kappa shape index (κ2) is 11.2. The number of ketones is 1. The Morgan fingerprint density at radius 3 is 2.21 bits per heavy atom. The first-order valence-electron chi connectivity index (χ1n) is 12.7. The summed E-state index contributed by atoms with van der Waals surface area (Å²) in [5, 5.41) is 0.977. The molecule has 5 aromatic rings. The normalized spacial score (nSPS) is 11.1. The number of hydrogen-bond acceptors (Lipinski definition) is 4. The summed E-state index contributed by atoms with van der Waals surface area (Å²) in [5.74, 6) is 1.10. The molecule has 0 saturated carbocycles. The first-order valence-corrected chi connectivity index (χ1v) is 13.5. The minimum atomic E-state index is -0.337. The standard InChI is InChI=1S/C33H29FO3S/c1-4-16-36-26-12-10-24(11-13-26)31-28-15-14-27(37-20-23-8-6-5-7-9-23)19-29(28)38-33(31)32(35)30-21(2)17-25(34)18-22(30)3/h5-15,17-19H,4,16,20H2,1-3H3. The van der Waals surface area contributed by atoms with E-state index in [1.54, 1.807) is 13.8 Å².